The zero-order valence-corrected chi connectivity index (χ0v) is 20.2. The van der Waals surface area contributed by atoms with Crippen molar-refractivity contribution in [3.8, 4) is 29.2 Å². The second kappa shape index (κ2) is 9.16. The van der Waals surface area contributed by atoms with Crippen molar-refractivity contribution in [1.29, 1.82) is 5.26 Å². The van der Waals surface area contributed by atoms with E-state index in [1.165, 1.54) is 0 Å². The minimum Gasteiger partial charge on any atom is -0.457 e. The summed E-state index contributed by atoms with van der Waals surface area (Å²) >= 11 is 0. The molecule has 36 heavy (non-hydrogen) atoms. The third-order valence-corrected chi connectivity index (χ3v) is 6.06. The fraction of sp³-hybridized carbons (Fsp3) is 0.120. The topological polar surface area (TPSA) is 135 Å². The molecule has 10 nitrogen and oxygen atoms in total. The Balaban J connectivity index is 1.53. The molecule has 0 aliphatic rings. The van der Waals surface area contributed by atoms with Crippen molar-refractivity contribution in [2.75, 3.05) is 11.6 Å². The van der Waals surface area contributed by atoms with Crippen LogP contribution in [0.5, 0.6) is 11.5 Å². The molecular weight excluding hydrogens is 480 g/mol. The standard InChI is InChI=1S/C25H20N6O4S/c1-16-12-13-31-24(16)22(27-17-8-10-19(11-9-17)34-18-6-4-3-5-7-18)20(14-26)23(29-31)25-28-21(30-35-25)15-36(2,32)33/h3-13,27H,15H2,1-2H3. The molecular formula is C25H20N6O4S. The third-order valence-electron chi connectivity index (χ3n) is 5.28. The second-order valence-electron chi connectivity index (χ2n) is 8.15. The number of rotatable bonds is 7. The maximum absolute atomic E-state index is 11.6. The van der Waals surface area contributed by atoms with Crippen molar-refractivity contribution >= 4 is 26.7 Å². The highest BCUT2D eigenvalue weighted by Crippen LogP contribution is 2.34. The minimum atomic E-state index is -3.36. The lowest BCUT2D eigenvalue weighted by Gasteiger charge is -2.14. The summed E-state index contributed by atoms with van der Waals surface area (Å²) < 4.78 is 36.0. The first-order chi connectivity index (χ1) is 17.3. The summed E-state index contributed by atoms with van der Waals surface area (Å²) in [5, 5.41) is 21.6. The highest BCUT2D eigenvalue weighted by atomic mass is 32.2. The normalized spacial score (nSPS) is 11.4. The minimum absolute atomic E-state index is 0.00881. The molecule has 3 aromatic heterocycles. The summed E-state index contributed by atoms with van der Waals surface area (Å²) in [7, 11) is -3.36. The highest BCUT2D eigenvalue weighted by molar-refractivity contribution is 7.89. The van der Waals surface area contributed by atoms with E-state index in [0.29, 0.717) is 17.0 Å². The average molecular weight is 501 g/mol. The maximum Gasteiger partial charge on any atom is 0.279 e. The number of nitrogens with zero attached hydrogens (tertiary/aromatic N) is 5. The molecule has 0 spiro atoms. The van der Waals surface area contributed by atoms with Crippen LogP contribution in [0.25, 0.3) is 17.1 Å². The van der Waals surface area contributed by atoms with Crippen molar-refractivity contribution in [1.82, 2.24) is 19.8 Å². The molecule has 3 heterocycles. The molecule has 11 heteroatoms. The van der Waals surface area contributed by atoms with Crippen LogP contribution >= 0.6 is 0 Å². The summed E-state index contributed by atoms with van der Waals surface area (Å²) in [5.74, 6) is 0.949. The Labute approximate surface area is 206 Å². The van der Waals surface area contributed by atoms with Gasteiger partial charge in [-0.05, 0) is 55.0 Å². The van der Waals surface area contributed by atoms with Gasteiger partial charge in [0.15, 0.2) is 21.4 Å². The number of sulfone groups is 1. The molecule has 1 N–H and O–H groups in total. The lowest BCUT2D eigenvalue weighted by atomic mass is 10.1. The van der Waals surface area contributed by atoms with E-state index in [0.717, 1.165) is 23.3 Å². The number of aryl methyl sites for hydroxylation is 1. The van der Waals surface area contributed by atoms with E-state index in [1.54, 1.807) is 10.7 Å². The van der Waals surface area contributed by atoms with Gasteiger partial charge in [0.05, 0.1) is 11.2 Å². The number of nitrogens with one attached hydrogen (secondary N) is 1. The van der Waals surface area contributed by atoms with Crippen LogP contribution in [0.4, 0.5) is 11.4 Å². The first-order valence-corrected chi connectivity index (χ1v) is 12.9. The predicted molar refractivity (Wildman–Crippen MR) is 133 cm³/mol. The third kappa shape index (κ3) is 4.75. The molecule has 0 amide bonds. The zero-order valence-electron chi connectivity index (χ0n) is 19.3. The lowest BCUT2D eigenvalue weighted by molar-refractivity contribution is 0.422. The number of anilines is 2. The van der Waals surface area contributed by atoms with Crippen molar-refractivity contribution in [2.45, 2.75) is 12.7 Å². The number of aromatic nitrogens is 4. The Hall–Kier alpha value is -4.69. The Bertz CT molecular complexity index is 1700. The Morgan fingerprint density at radius 3 is 2.50 bits per heavy atom. The number of ether oxygens (including phenoxy) is 1. The van der Waals surface area contributed by atoms with Crippen molar-refractivity contribution < 1.29 is 17.7 Å². The van der Waals surface area contributed by atoms with Gasteiger partial charge < -0.3 is 14.6 Å². The molecule has 0 bridgehead atoms. The van der Waals surface area contributed by atoms with Gasteiger partial charge in [-0.1, -0.05) is 23.4 Å². The van der Waals surface area contributed by atoms with Gasteiger partial charge in [0.2, 0.25) is 0 Å². The van der Waals surface area contributed by atoms with E-state index >= 15 is 0 Å². The van der Waals surface area contributed by atoms with Gasteiger partial charge in [-0.15, -0.1) is 0 Å². The fourth-order valence-corrected chi connectivity index (χ4v) is 4.29. The summed E-state index contributed by atoms with van der Waals surface area (Å²) in [4.78, 5) is 4.16. The molecule has 2 aromatic carbocycles. The lowest BCUT2D eigenvalue weighted by Crippen LogP contribution is -2.05. The molecule has 0 atom stereocenters. The van der Waals surface area contributed by atoms with Gasteiger partial charge in [-0.3, -0.25) is 0 Å². The van der Waals surface area contributed by atoms with Crippen LogP contribution in [0.2, 0.25) is 0 Å². The number of para-hydroxylation sites is 1. The monoisotopic (exact) mass is 500 g/mol. The van der Waals surface area contributed by atoms with Gasteiger partial charge in [-0.25, -0.2) is 12.9 Å². The summed E-state index contributed by atoms with van der Waals surface area (Å²) in [6.45, 7) is 1.91. The van der Waals surface area contributed by atoms with Gasteiger partial charge in [0, 0.05) is 18.1 Å². The summed E-state index contributed by atoms with van der Waals surface area (Å²) in [6.07, 6.45) is 2.83. The number of nitriles is 1. The van der Waals surface area contributed by atoms with Crippen LogP contribution in [0.15, 0.2) is 71.4 Å². The number of fused-ring (bicyclic) bond motifs is 1. The Morgan fingerprint density at radius 1 is 1.08 bits per heavy atom. The van der Waals surface area contributed by atoms with Crippen molar-refractivity contribution in [3.63, 3.8) is 0 Å². The Morgan fingerprint density at radius 2 is 1.81 bits per heavy atom. The molecule has 0 aliphatic heterocycles. The Kier molecular flexibility index (Phi) is 5.87. The fourth-order valence-electron chi connectivity index (χ4n) is 3.70. The van der Waals surface area contributed by atoms with Crippen molar-refractivity contribution in [2.24, 2.45) is 0 Å². The number of benzene rings is 2. The average Bonchev–Trinajstić information content (AvgIpc) is 3.46. The molecule has 0 saturated heterocycles. The number of hydrogen-bond acceptors (Lipinski definition) is 9. The van der Waals surface area contributed by atoms with E-state index in [1.807, 2.05) is 67.6 Å². The van der Waals surface area contributed by atoms with Gasteiger partial charge in [0.1, 0.15) is 28.9 Å². The van der Waals surface area contributed by atoms with E-state index in [2.05, 4.69) is 26.6 Å². The van der Waals surface area contributed by atoms with Crippen LogP contribution in [0, 0.1) is 18.3 Å². The van der Waals surface area contributed by atoms with E-state index in [-0.39, 0.29) is 28.7 Å². The van der Waals surface area contributed by atoms with E-state index in [9.17, 15) is 13.7 Å². The van der Waals surface area contributed by atoms with Gasteiger partial charge in [0.25, 0.3) is 5.89 Å². The first-order valence-electron chi connectivity index (χ1n) is 10.8. The van der Waals surface area contributed by atoms with E-state index < -0.39 is 9.84 Å². The quantitative estimate of drug-likeness (QED) is 0.339. The molecule has 0 unspecified atom stereocenters. The smallest absolute Gasteiger partial charge is 0.279 e. The van der Waals surface area contributed by atoms with Gasteiger partial charge >= 0.3 is 0 Å². The maximum atomic E-state index is 11.6. The molecule has 0 fully saturated rings. The van der Waals surface area contributed by atoms with Crippen LogP contribution in [-0.2, 0) is 15.6 Å². The van der Waals surface area contributed by atoms with Crippen LogP contribution in [0.3, 0.4) is 0 Å². The molecule has 0 saturated carbocycles. The van der Waals surface area contributed by atoms with E-state index in [4.69, 9.17) is 9.26 Å². The summed E-state index contributed by atoms with van der Waals surface area (Å²) in [5.41, 5.74) is 3.15. The molecule has 0 aliphatic carbocycles. The first kappa shape index (κ1) is 23.1. The number of hydrogen-bond donors (Lipinski definition) is 1. The highest BCUT2D eigenvalue weighted by Gasteiger charge is 2.23. The van der Waals surface area contributed by atoms with Crippen molar-refractivity contribution in [3.05, 3.63) is 83.8 Å². The second-order valence-corrected chi connectivity index (χ2v) is 10.3. The summed E-state index contributed by atoms with van der Waals surface area (Å²) in [6, 6.07) is 20.8. The largest absolute Gasteiger partial charge is 0.457 e. The SMILES string of the molecule is Cc1ccn2nc(-c3nc(CS(C)(=O)=O)no3)c(C#N)c(Nc3ccc(Oc4ccccc4)cc3)c12. The molecule has 5 aromatic rings. The van der Waals surface area contributed by atoms with Crippen LogP contribution in [0.1, 0.15) is 17.0 Å². The molecule has 0 radical (unpaired) electrons. The van der Waals surface area contributed by atoms with Crippen LogP contribution < -0.4 is 10.1 Å². The molecule has 5 rings (SSSR count). The predicted octanol–water partition coefficient (Wildman–Crippen LogP) is 4.64. The van der Waals surface area contributed by atoms with Crippen LogP contribution in [-0.4, -0.2) is 34.4 Å². The van der Waals surface area contributed by atoms with Gasteiger partial charge in [-0.2, -0.15) is 15.3 Å². The zero-order chi connectivity index (χ0) is 25.3. The molecule has 180 valence electrons.